The summed E-state index contributed by atoms with van der Waals surface area (Å²) in [6.45, 7) is 2.12. The van der Waals surface area contributed by atoms with Gasteiger partial charge in [-0.1, -0.05) is 13.3 Å². The van der Waals surface area contributed by atoms with Crippen LogP contribution in [-0.4, -0.2) is 13.0 Å². The first-order valence-corrected chi connectivity index (χ1v) is 2.47. The zero-order valence-electron chi connectivity index (χ0n) is 3.73. The molecule has 0 rings (SSSR count). The van der Waals surface area contributed by atoms with Gasteiger partial charge in [-0.15, -0.1) is 0 Å². The van der Waals surface area contributed by atoms with Crippen molar-refractivity contribution in [3.8, 4) is 0 Å². The highest BCUT2D eigenvalue weighted by Crippen LogP contribution is 1.89. The van der Waals surface area contributed by atoms with Gasteiger partial charge in [0.25, 0.3) is 0 Å². The lowest BCUT2D eigenvalue weighted by atomic mass is 10.0. The summed E-state index contributed by atoms with van der Waals surface area (Å²) in [4.78, 5) is 0. The van der Waals surface area contributed by atoms with E-state index in [1.165, 1.54) is 6.42 Å². The highest BCUT2D eigenvalue weighted by atomic mass is 32.1. The summed E-state index contributed by atoms with van der Waals surface area (Å²) in [5.74, 6) is 0. The normalized spacial score (nSPS) is 14.8. The fraction of sp³-hybridized carbons (Fsp3) is 1.00. The lowest BCUT2D eigenvalue weighted by molar-refractivity contribution is 1.05. The molecular formula is C3H9BS. The van der Waals surface area contributed by atoms with Gasteiger partial charge >= 0.3 is 0 Å². The summed E-state index contributed by atoms with van der Waals surface area (Å²) in [6, 6.07) is 0. The molecule has 1 unspecified atom stereocenters. The average molecular weight is 88.0 g/mol. The summed E-state index contributed by atoms with van der Waals surface area (Å²) < 4.78 is 0. The second-order valence-electron chi connectivity index (χ2n) is 1.26. The molecule has 5 heavy (non-hydrogen) atoms. The summed E-state index contributed by atoms with van der Waals surface area (Å²) in [6.07, 6.45) is 1.17. The van der Waals surface area contributed by atoms with Crippen molar-refractivity contribution in [3.63, 3.8) is 0 Å². The SMILES string of the molecule is BC(S)CC. The van der Waals surface area contributed by atoms with Crippen molar-refractivity contribution < 1.29 is 0 Å². The maximum Gasteiger partial charge on any atom is 0.118 e. The Labute approximate surface area is 39.8 Å². The van der Waals surface area contributed by atoms with Crippen LogP contribution in [0.2, 0.25) is 0 Å². The van der Waals surface area contributed by atoms with Gasteiger partial charge in [0.2, 0.25) is 0 Å². The third-order valence-corrected chi connectivity index (χ3v) is 0.956. The minimum atomic E-state index is 0.579. The second-order valence-corrected chi connectivity index (χ2v) is 2.14. The van der Waals surface area contributed by atoms with Gasteiger partial charge in [0.05, 0.1) is 0 Å². The van der Waals surface area contributed by atoms with Crippen molar-refractivity contribution in [3.05, 3.63) is 0 Å². The molecular weight excluding hydrogens is 78.9 g/mol. The first kappa shape index (κ1) is 5.41. The Bertz CT molecular complexity index is 20.9. The van der Waals surface area contributed by atoms with Gasteiger partial charge < -0.3 is 0 Å². The van der Waals surface area contributed by atoms with E-state index >= 15 is 0 Å². The lowest BCUT2D eigenvalue weighted by Gasteiger charge is -1.89. The third-order valence-electron chi connectivity index (χ3n) is 0.591. The maximum absolute atomic E-state index is 4.10. The zero-order chi connectivity index (χ0) is 4.28. The molecule has 0 aromatic carbocycles. The standard InChI is InChI=1S/C3H9BS/c1-2-3(4)5/h3,5H,2,4H2,1H3. The molecule has 0 aliphatic carbocycles. The van der Waals surface area contributed by atoms with E-state index in [1.807, 2.05) is 0 Å². The van der Waals surface area contributed by atoms with Gasteiger partial charge in [0, 0.05) is 0 Å². The van der Waals surface area contributed by atoms with Crippen LogP contribution in [-0.2, 0) is 0 Å². The summed E-state index contributed by atoms with van der Waals surface area (Å²) in [5.41, 5.74) is 0. The predicted octanol–water partition coefficient (Wildman–Crippen LogP) is 0.285. The fourth-order valence-electron chi connectivity index (χ4n) is 0. The predicted molar refractivity (Wildman–Crippen MR) is 31.6 cm³/mol. The van der Waals surface area contributed by atoms with Gasteiger partial charge in [0.1, 0.15) is 7.85 Å². The van der Waals surface area contributed by atoms with E-state index in [0.717, 1.165) is 0 Å². The lowest BCUT2D eigenvalue weighted by Crippen LogP contribution is -1.90. The largest absolute Gasteiger partial charge is 0.185 e. The Morgan fingerprint density at radius 1 is 2.00 bits per heavy atom. The van der Waals surface area contributed by atoms with Crippen molar-refractivity contribution in [1.29, 1.82) is 0 Å². The van der Waals surface area contributed by atoms with Crippen LogP contribution in [0.5, 0.6) is 0 Å². The van der Waals surface area contributed by atoms with Crippen LogP contribution in [0.1, 0.15) is 13.3 Å². The van der Waals surface area contributed by atoms with E-state index in [4.69, 9.17) is 0 Å². The summed E-state index contributed by atoms with van der Waals surface area (Å²) in [5, 5.41) is 0.579. The Hall–Kier alpha value is 0.415. The highest BCUT2D eigenvalue weighted by molar-refractivity contribution is 7.82. The minimum absolute atomic E-state index is 0.579. The van der Waals surface area contributed by atoms with Gasteiger partial charge in [-0.05, 0) is 5.15 Å². The molecule has 1 atom stereocenters. The van der Waals surface area contributed by atoms with Gasteiger partial charge in [-0.2, -0.15) is 12.6 Å². The van der Waals surface area contributed by atoms with E-state index in [2.05, 4.69) is 27.4 Å². The molecule has 0 aliphatic heterocycles. The Kier molecular flexibility index (Phi) is 2.86. The molecule has 0 radical (unpaired) electrons. The number of thiol groups is 1. The molecule has 0 amide bonds. The van der Waals surface area contributed by atoms with E-state index in [9.17, 15) is 0 Å². The van der Waals surface area contributed by atoms with Gasteiger partial charge in [-0.3, -0.25) is 0 Å². The van der Waals surface area contributed by atoms with E-state index in [0.29, 0.717) is 5.15 Å². The monoisotopic (exact) mass is 88.1 g/mol. The molecule has 0 N–H and O–H groups in total. The molecule has 0 fully saturated rings. The van der Waals surface area contributed by atoms with Crippen LogP contribution in [0, 0.1) is 0 Å². The van der Waals surface area contributed by atoms with Crippen LogP contribution in [0.15, 0.2) is 0 Å². The summed E-state index contributed by atoms with van der Waals surface area (Å²) in [7, 11) is 2.09. The van der Waals surface area contributed by atoms with Crippen LogP contribution in [0.4, 0.5) is 0 Å². The quantitative estimate of drug-likeness (QED) is 0.345. The number of hydrogen-bond donors (Lipinski definition) is 1. The maximum atomic E-state index is 4.10. The topological polar surface area (TPSA) is 0 Å². The molecule has 0 spiro atoms. The fourth-order valence-corrected chi connectivity index (χ4v) is 0. The zero-order valence-corrected chi connectivity index (χ0v) is 4.63. The van der Waals surface area contributed by atoms with Crippen molar-refractivity contribution >= 4 is 20.5 Å². The molecule has 0 saturated heterocycles. The molecule has 0 bridgehead atoms. The van der Waals surface area contributed by atoms with Crippen LogP contribution in [0.3, 0.4) is 0 Å². The van der Waals surface area contributed by atoms with Crippen LogP contribution < -0.4 is 0 Å². The van der Waals surface area contributed by atoms with Crippen molar-refractivity contribution in [2.45, 2.75) is 18.5 Å². The Balaban J connectivity index is 2.54. The number of hydrogen-bond acceptors (Lipinski definition) is 1. The van der Waals surface area contributed by atoms with Crippen LogP contribution in [0.25, 0.3) is 0 Å². The minimum Gasteiger partial charge on any atom is -0.185 e. The Morgan fingerprint density at radius 3 is 2.20 bits per heavy atom. The molecule has 30 valence electrons. The second kappa shape index (κ2) is 2.64. The molecule has 0 nitrogen and oxygen atoms in total. The smallest absolute Gasteiger partial charge is 0.118 e. The Morgan fingerprint density at radius 2 is 2.20 bits per heavy atom. The van der Waals surface area contributed by atoms with E-state index in [-0.39, 0.29) is 0 Å². The number of rotatable bonds is 1. The molecule has 0 aromatic heterocycles. The van der Waals surface area contributed by atoms with Gasteiger partial charge in [-0.25, -0.2) is 0 Å². The molecule has 0 aromatic rings. The first-order chi connectivity index (χ1) is 2.27. The van der Waals surface area contributed by atoms with Crippen LogP contribution >= 0.6 is 12.6 Å². The molecule has 0 heterocycles. The van der Waals surface area contributed by atoms with Crippen molar-refractivity contribution in [2.75, 3.05) is 0 Å². The molecule has 0 saturated carbocycles. The van der Waals surface area contributed by atoms with Crippen molar-refractivity contribution in [1.82, 2.24) is 0 Å². The van der Waals surface area contributed by atoms with E-state index < -0.39 is 0 Å². The highest BCUT2D eigenvalue weighted by Gasteiger charge is 1.81. The van der Waals surface area contributed by atoms with E-state index in [1.54, 1.807) is 0 Å². The molecule has 2 heteroatoms. The summed E-state index contributed by atoms with van der Waals surface area (Å²) >= 11 is 4.10. The van der Waals surface area contributed by atoms with Gasteiger partial charge in [0.15, 0.2) is 0 Å². The third kappa shape index (κ3) is 4.41. The average Bonchev–Trinajstić information content (AvgIpc) is 1.38. The molecule has 0 aliphatic rings. The van der Waals surface area contributed by atoms with Crippen molar-refractivity contribution in [2.24, 2.45) is 0 Å². The first-order valence-electron chi connectivity index (χ1n) is 1.95.